The molecule has 0 aliphatic heterocycles. The maximum absolute atomic E-state index is 13.8. The average Bonchev–Trinajstić information content (AvgIpc) is 2.96. The Morgan fingerprint density at radius 1 is 0.846 bits per heavy atom. The van der Waals surface area contributed by atoms with Gasteiger partial charge in [-0.05, 0) is 52.9 Å². The van der Waals surface area contributed by atoms with Crippen LogP contribution < -0.4 is 10.1 Å². The van der Waals surface area contributed by atoms with Crippen LogP contribution in [0, 0.1) is 0 Å². The van der Waals surface area contributed by atoms with Crippen LogP contribution in [0.3, 0.4) is 0 Å². The van der Waals surface area contributed by atoms with Crippen LogP contribution in [0.2, 0.25) is 10.0 Å². The van der Waals surface area contributed by atoms with Crippen LogP contribution in [0.15, 0.2) is 103 Å². The Balaban J connectivity index is 1.64. The highest BCUT2D eigenvalue weighted by Gasteiger charge is 2.31. The number of hydrogen-bond acceptors (Lipinski definition) is 3. The van der Waals surface area contributed by atoms with Gasteiger partial charge in [0.25, 0.3) is 0 Å². The Labute approximate surface area is 239 Å². The molecular formula is C32H30Cl2N2O3. The van der Waals surface area contributed by atoms with Crippen molar-refractivity contribution >= 4 is 35.0 Å². The number of ether oxygens (including phenoxy) is 1. The van der Waals surface area contributed by atoms with Gasteiger partial charge in [-0.25, -0.2) is 0 Å². The van der Waals surface area contributed by atoms with Crippen molar-refractivity contribution in [1.82, 2.24) is 10.2 Å². The topological polar surface area (TPSA) is 58.6 Å². The fraction of sp³-hybridized carbons (Fsp3) is 0.188. The standard InChI is InChI=1S/C32H30Cl2N2O3/c1-39-28-17-12-24(13-18-28)22-36(30(37)19-14-23-8-4-2-5-9-23)31(25-10-6-3-7-11-25)32(38)35-21-26-15-16-27(33)20-29(26)34/h2-13,15-18,20,31H,14,19,21-22H2,1H3,(H,35,38)/t31-/m0/s1. The summed E-state index contributed by atoms with van der Waals surface area (Å²) in [5, 5.41) is 3.98. The summed E-state index contributed by atoms with van der Waals surface area (Å²) in [5.74, 6) is 0.301. The Hall–Kier alpha value is -3.80. The van der Waals surface area contributed by atoms with Crippen molar-refractivity contribution in [1.29, 1.82) is 0 Å². The molecule has 4 aromatic rings. The summed E-state index contributed by atoms with van der Waals surface area (Å²) in [6.45, 7) is 0.457. The van der Waals surface area contributed by atoms with Gasteiger partial charge in [0.15, 0.2) is 0 Å². The van der Waals surface area contributed by atoms with E-state index in [0.717, 1.165) is 28.0 Å². The zero-order chi connectivity index (χ0) is 27.6. The number of nitrogens with one attached hydrogen (secondary N) is 1. The highest BCUT2D eigenvalue weighted by Crippen LogP contribution is 2.27. The van der Waals surface area contributed by atoms with E-state index in [1.807, 2.05) is 84.9 Å². The second-order valence-electron chi connectivity index (χ2n) is 9.12. The van der Waals surface area contributed by atoms with Gasteiger partial charge in [0, 0.05) is 29.6 Å². The first-order chi connectivity index (χ1) is 18.9. The molecule has 0 aromatic heterocycles. The summed E-state index contributed by atoms with van der Waals surface area (Å²) in [6, 6.07) is 31.0. The molecule has 1 N–H and O–H groups in total. The number of methoxy groups -OCH3 is 1. The lowest BCUT2D eigenvalue weighted by Gasteiger charge is -2.32. The number of rotatable bonds is 11. The van der Waals surface area contributed by atoms with Crippen LogP contribution in [0.5, 0.6) is 5.75 Å². The molecule has 0 bridgehead atoms. The average molecular weight is 562 g/mol. The third-order valence-electron chi connectivity index (χ3n) is 6.45. The van der Waals surface area contributed by atoms with Gasteiger partial charge in [0.2, 0.25) is 11.8 Å². The van der Waals surface area contributed by atoms with E-state index in [2.05, 4.69) is 5.32 Å². The first kappa shape index (κ1) is 28.2. The van der Waals surface area contributed by atoms with Crippen LogP contribution in [0.25, 0.3) is 0 Å². The fourth-order valence-corrected chi connectivity index (χ4v) is 4.82. The summed E-state index contributed by atoms with van der Waals surface area (Å²) >= 11 is 12.4. The van der Waals surface area contributed by atoms with Crippen molar-refractivity contribution in [3.63, 3.8) is 0 Å². The Bertz CT molecular complexity index is 1380. The molecule has 0 radical (unpaired) electrons. The molecule has 0 unspecified atom stereocenters. The number of carbonyl (C=O) groups is 2. The zero-order valence-electron chi connectivity index (χ0n) is 21.6. The largest absolute Gasteiger partial charge is 0.497 e. The third-order valence-corrected chi connectivity index (χ3v) is 7.03. The molecule has 0 aliphatic carbocycles. The lowest BCUT2D eigenvalue weighted by molar-refractivity contribution is -0.141. The van der Waals surface area contributed by atoms with Gasteiger partial charge in [-0.1, -0.05) is 102 Å². The molecule has 0 saturated heterocycles. The number of benzene rings is 4. The minimum absolute atomic E-state index is 0.122. The summed E-state index contributed by atoms with van der Waals surface area (Å²) in [5.41, 5.74) is 3.41. The van der Waals surface area contributed by atoms with Crippen LogP contribution >= 0.6 is 23.2 Å². The molecule has 1 atom stereocenters. The van der Waals surface area contributed by atoms with Gasteiger partial charge in [0.1, 0.15) is 11.8 Å². The molecule has 7 heteroatoms. The molecule has 4 aromatic carbocycles. The Kier molecular flexibility index (Phi) is 10.0. The minimum Gasteiger partial charge on any atom is -0.497 e. The number of nitrogens with zero attached hydrogens (tertiary/aromatic N) is 1. The van der Waals surface area contributed by atoms with E-state index in [-0.39, 0.29) is 31.3 Å². The summed E-state index contributed by atoms with van der Waals surface area (Å²) < 4.78 is 5.29. The van der Waals surface area contributed by atoms with E-state index >= 15 is 0 Å². The lowest BCUT2D eigenvalue weighted by atomic mass is 10.0. The first-order valence-corrected chi connectivity index (χ1v) is 13.4. The van der Waals surface area contributed by atoms with E-state index in [9.17, 15) is 9.59 Å². The van der Waals surface area contributed by atoms with Crippen molar-refractivity contribution in [2.75, 3.05) is 7.11 Å². The predicted molar refractivity (Wildman–Crippen MR) is 156 cm³/mol. The molecule has 4 rings (SSSR count). The minimum atomic E-state index is -0.845. The second-order valence-corrected chi connectivity index (χ2v) is 9.97. The van der Waals surface area contributed by atoms with Crippen molar-refractivity contribution in [2.45, 2.75) is 32.0 Å². The molecule has 39 heavy (non-hydrogen) atoms. The van der Waals surface area contributed by atoms with Crippen LogP contribution in [0.4, 0.5) is 0 Å². The number of aryl methyl sites for hydroxylation is 1. The lowest BCUT2D eigenvalue weighted by Crippen LogP contribution is -2.43. The second kappa shape index (κ2) is 13.8. The van der Waals surface area contributed by atoms with Gasteiger partial charge in [0.05, 0.1) is 7.11 Å². The summed E-state index contributed by atoms with van der Waals surface area (Å²) in [6.07, 6.45) is 0.835. The fourth-order valence-electron chi connectivity index (χ4n) is 4.34. The van der Waals surface area contributed by atoms with Gasteiger partial charge >= 0.3 is 0 Å². The maximum atomic E-state index is 13.8. The Morgan fingerprint density at radius 2 is 1.51 bits per heavy atom. The molecule has 0 aliphatic rings. The van der Waals surface area contributed by atoms with Gasteiger partial charge in [-0.2, -0.15) is 0 Å². The highest BCUT2D eigenvalue weighted by atomic mass is 35.5. The van der Waals surface area contributed by atoms with Gasteiger partial charge in [-0.15, -0.1) is 0 Å². The number of carbonyl (C=O) groups excluding carboxylic acids is 2. The van der Waals surface area contributed by atoms with E-state index in [1.54, 1.807) is 30.2 Å². The van der Waals surface area contributed by atoms with Crippen molar-refractivity contribution in [3.8, 4) is 5.75 Å². The first-order valence-electron chi connectivity index (χ1n) is 12.7. The quantitative estimate of drug-likeness (QED) is 0.214. The van der Waals surface area contributed by atoms with E-state index < -0.39 is 6.04 Å². The van der Waals surface area contributed by atoms with E-state index in [1.165, 1.54) is 0 Å². The number of halogens is 2. The molecule has 2 amide bonds. The van der Waals surface area contributed by atoms with Crippen LogP contribution in [-0.4, -0.2) is 23.8 Å². The third kappa shape index (κ3) is 7.85. The SMILES string of the molecule is COc1ccc(CN(C(=O)CCc2ccccc2)[C@H](C(=O)NCc2ccc(Cl)cc2Cl)c2ccccc2)cc1. The number of hydrogen-bond donors (Lipinski definition) is 1. The predicted octanol–water partition coefficient (Wildman–Crippen LogP) is 7.02. The van der Waals surface area contributed by atoms with E-state index in [4.69, 9.17) is 27.9 Å². The van der Waals surface area contributed by atoms with Gasteiger partial charge in [-0.3, -0.25) is 9.59 Å². The van der Waals surface area contributed by atoms with Crippen molar-refractivity contribution in [3.05, 3.63) is 135 Å². The zero-order valence-corrected chi connectivity index (χ0v) is 23.2. The Morgan fingerprint density at radius 3 is 2.15 bits per heavy atom. The molecular weight excluding hydrogens is 531 g/mol. The van der Waals surface area contributed by atoms with Gasteiger partial charge < -0.3 is 15.0 Å². The van der Waals surface area contributed by atoms with Crippen LogP contribution in [0.1, 0.15) is 34.7 Å². The summed E-state index contributed by atoms with van der Waals surface area (Å²) in [4.78, 5) is 29.3. The smallest absolute Gasteiger partial charge is 0.247 e. The summed E-state index contributed by atoms with van der Waals surface area (Å²) in [7, 11) is 1.61. The maximum Gasteiger partial charge on any atom is 0.247 e. The van der Waals surface area contributed by atoms with Crippen molar-refractivity contribution in [2.24, 2.45) is 0 Å². The number of amides is 2. The molecule has 0 saturated carbocycles. The van der Waals surface area contributed by atoms with Crippen LogP contribution in [-0.2, 0) is 29.1 Å². The molecule has 5 nitrogen and oxygen atoms in total. The molecule has 0 fully saturated rings. The monoisotopic (exact) mass is 560 g/mol. The normalized spacial score (nSPS) is 11.5. The van der Waals surface area contributed by atoms with Crippen molar-refractivity contribution < 1.29 is 14.3 Å². The van der Waals surface area contributed by atoms with E-state index in [0.29, 0.717) is 16.5 Å². The molecule has 200 valence electrons. The molecule has 0 spiro atoms. The molecule has 0 heterocycles. The highest BCUT2D eigenvalue weighted by molar-refractivity contribution is 6.35.